The molecule has 1 aromatic carbocycles. The van der Waals surface area contributed by atoms with Crippen molar-refractivity contribution in [2.24, 2.45) is 17.6 Å². The van der Waals surface area contributed by atoms with Crippen LogP contribution >= 0.6 is 15.9 Å². The van der Waals surface area contributed by atoms with Crippen molar-refractivity contribution >= 4 is 33.3 Å². The highest BCUT2D eigenvalue weighted by Gasteiger charge is 2.60. The van der Waals surface area contributed by atoms with Crippen LogP contribution in [0.1, 0.15) is 32.3 Å². The van der Waals surface area contributed by atoms with Crippen molar-refractivity contribution < 1.29 is 14.3 Å². The summed E-state index contributed by atoms with van der Waals surface area (Å²) in [6.07, 6.45) is 0.827. The lowest BCUT2D eigenvalue weighted by atomic mass is 9.63. The number of allylic oxidation sites excluding steroid dienone is 1. The summed E-state index contributed by atoms with van der Waals surface area (Å²) in [6.45, 7) is 4.10. The lowest BCUT2D eigenvalue weighted by Crippen LogP contribution is -2.47. The average Bonchev–Trinajstić information content (AvgIpc) is 2.87. The van der Waals surface area contributed by atoms with E-state index in [0.29, 0.717) is 29.9 Å². The third-order valence-corrected chi connectivity index (χ3v) is 6.20. The topological polar surface area (TPSA) is 105 Å². The fourth-order valence-electron chi connectivity index (χ4n) is 4.29. The Bertz CT molecular complexity index is 1000. The molecule has 1 spiro atoms. The minimum Gasteiger partial charge on any atom is -0.444 e. The molecule has 2 heterocycles. The molecule has 0 fully saturated rings. The smallest absolute Gasteiger partial charge is 0.245 e. The van der Waals surface area contributed by atoms with Gasteiger partial charge in [-0.15, -0.1) is 0 Å². The van der Waals surface area contributed by atoms with Crippen LogP contribution in [-0.4, -0.2) is 11.7 Å². The van der Waals surface area contributed by atoms with E-state index in [9.17, 15) is 14.9 Å². The lowest BCUT2D eigenvalue weighted by Gasteiger charge is -2.39. The number of ketones is 1. The number of carbonyl (C=O) groups excluding carboxylic acids is 2. The van der Waals surface area contributed by atoms with Gasteiger partial charge >= 0.3 is 0 Å². The molecule has 6 nitrogen and oxygen atoms in total. The fraction of sp³-hybridized carbons (Fsp3) is 0.350. The summed E-state index contributed by atoms with van der Waals surface area (Å²) < 4.78 is 6.47. The summed E-state index contributed by atoms with van der Waals surface area (Å²) in [5, 5.41) is 12.6. The van der Waals surface area contributed by atoms with E-state index in [0.717, 1.165) is 4.47 Å². The predicted octanol–water partition coefficient (Wildman–Crippen LogP) is 3.25. The number of nitrogens with one attached hydrogen (secondary N) is 1. The number of anilines is 1. The van der Waals surface area contributed by atoms with Crippen molar-refractivity contribution in [3.63, 3.8) is 0 Å². The van der Waals surface area contributed by atoms with Crippen molar-refractivity contribution in [1.29, 1.82) is 5.26 Å². The van der Waals surface area contributed by atoms with Crippen LogP contribution in [-0.2, 0) is 19.7 Å². The molecule has 4 rings (SSSR count). The average molecular weight is 428 g/mol. The SMILES string of the molecule is CC(C)C1CC(=O)C2=C(C1)OC(N)=C(C#N)C21C(=O)Nc2ccc(Br)cc21. The molecule has 2 atom stereocenters. The Hall–Kier alpha value is -2.59. The molecule has 27 heavy (non-hydrogen) atoms. The zero-order valence-electron chi connectivity index (χ0n) is 14.9. The molecule has 0 saturated heterocycles. The molecule has 0 bridgehead atoms. The highest BCUT2D eigenvalue weighted by atomic mass is 79.9. The van der Waals surface area contributed by atoms with Gasteiger partial charge in [0.05, 0.1) is 5.57 Å². The number of hydrogen-bond acceptors (Lipinski definition) is 5. The first-order valence-corrected chi connectivity index (χ1v) is 9.56. The molecule has 2 aliphatic heterocycles. The molecule has 138 valence electrons. The van der Waals surface area contributed by atoms with Gasteiger partial charge in [0, 0.05) is 28.6 Å². The number of Topliss-reactive ketones (excluding diaryl/α,β-unsaturated/α-hetero) is 1. The number of nitrogens with two attached hydrogens (primary N) is 1. The molecule has 2 unspecified atom stereocenters. The second-order valence-corrected chi connectivity index (χ2v) is 8.40. The maximum absolute atomic E-state index is 13.2. The van der Waals surface area contributed by atoms with E-state index in [-0.39, 0.29) is 34.6 Å². The second kappa shape index (κ2) is 5.96. The molecule has 1 amide bonds. The minimum atomic E-state index is -1.55. The largest absolute Gasteiger partial charge is 0.444 e. The number of fused-ring (bicyclic) bond motifs is 3. The van der Waals surface area contributed by atoms with Crippen LogP contribution in [0.3, 0.4) is 0 Å². The number of nitriles is 1. The third-order valence-electron chi connectivity index (χ3n) is 5.71. The van der Waals surface area contributed by atoms with Gasteiger partial charge in [-0.05, 0) is 30.0 Å². The standard InChI is InChI=1S/C20H18BrN3O3/c1-9(2)10-5-15(25)17-16(6-10)27-18(23)13(8-22)20(17)12-7-11(21)3-4-14(12)24-19(20)26/h3-4,7,9-10H,5-6,23H2,1-2H3,(H,24,26). The summed E-state index contributed by atoms with van der Waals surface area (Å²) in [5.74, 6) is 0.0708. The molecular formula is C20H18BrN3O3. The van der Waals surface area contributed by atoms with Gasteiger partial charge in [0.2, 0.25) is 11.8 Å². The molecule has 0 aromatic heterocycles. The Morgan fingerprint density at radius 3 is 2.78 bits per heavy atom. The monoisotopic (exact) mass is 427 g/mol. The normalized spacial score (nSPS) is 26.7. The summed E-state index contributed by atoms with van der Waals surface area (Å²) in [7, 11) is 0. The molecular weight excluding hydrogens is 410 g/mol. The Balaban J connectivity index is 2.04. The number of carbonyl (C=O) groups is 2. The molecule has 1 aromatic rings. The van der Waals surface area contributed by atoms with Crippen molar-refractivity contribution in [3.05, 3.63) is 51.0 Å². The Morgan fingerprint density at radius 1 is 1.37 bits per heavy atom. The Labute approximate surface area is 165 Å². The third kappa shape index (κ3) is 2.29. The van der Waals surface area contributed by atoms with Crippen LogP contribution in [0, 0.1) is 23.2 Å². The Kier molecular flexibility index (Phi) is 3.93. The van der Waals surface area contributed by atoms with E-state index in [4.69, 9.17) is 10.5 Å². The number of ether oxygens (including phenoxy) is 1. The molecule has 3 N–H and O–H groups in total. The summed E-state index contributed by atoms with van der Waals surface area (Å²) in [6, 6.07) is 7.33. The molecule has 1 aliphatic carbocycles. The van der Waals surface area contributed by atoms with Crippen molar-refractivity contribution in [2.45, 2.75) is 32.1 Å². The molecule has 7 heteroatoms. The molecule has 0 saturated carbocycles. The fourth-order valence-corrected chi connectivity index (χ4v) is 4.65. The van der Waals surface area contributed by atoms with Gasteiger partial charge in [0.15, 0.2) is 5.78 Å². The van der Waals surface area contributed by atoms with Crippen LogP contribution in [0.25, 0.3) is 0 Å². The second-order valence-electron chi connectivity index (χ2n) is 7.48. The van der Waals surface area contributed by atoms with Gasteiger partial charge in [-0.3, -0.25) is 9.59 Å². The quantitative estimate of drug-likeness (QED) is 0.715. The van der Waals surface area contributed by atoms with Gasteiger partial charge in [-0.25, -0.2) is 0 Å². The van der Waals surface area contributed by atoms with Crippen LogP contribution in [0.5, 0.6) is 0 Å². The van der Waals surface area contributed by atoms with Crippen molar-refractivity contribution in [2.75, 3.05) is 5.32 Å². The van der Waals surface area contributed by atoms with Crippen LogP contribution in [0.2, 0.25) is 0 Å². The van der Waals surface area contributed by atoms with E-state index in [1.165, 1.54) is 0 Å². The number of rotatable bonds is 1. The first kappa shape index (κ1) is 17.8. The van der Waals surface area contributed by atoms with Gasteiger partial charge in [-0.2, -0.15) is 5.26 Å². The van der Waals surface area contributed by atoms with E-state index in [1.807, 2.05) is 6.07 Å². The lowest BCUT2D eigenvalue weighted by molar-refractivity contribution is -0.124. The number of nitrogens with zero attached hydrogens (tertiary/aromatic N) is 1. The zero-order chi connectivity index (χ0) is 19.5. The maximum Gasteiger partial charge on any atom is 0.245 e. The van der Waals surface area contributed by atoms with Crippen LogP contribution in [0.15, 0.2) is 45.5 Å². The van der Waals surface area contributed by atoms with Gasteiger partial charge in [-0.1, -0.05) is 29.8 Å². The minimum absolute atomic E-state index is 0.0352. The van der Waals surface area contributed by atoms with Crippen LogP contribution in [0.4, 0.5) is 5.69 Å². The van der Waals surface area contributed by atoms with E-state index < -0.39 is 11.3 Å². The number of halogens is 1. The predicted molar refractivity (Wildman–Crippen MR) is 102 cm³/mol. The number of amides is 1. The van der Waals surface area contributed by atoms with E-state index >= 15 is 0 Å². The first-order valence-electron chi connectivity index (χ1n) is 8.77. The van der Waals surface area contributed by atoms with Crippen LogP contribution < -0.4 is 11.1 Å². The van der Waals surface area contributed by atoms with Gasteiger partial charge in [0.1, 0.15) is 22.8 Å². The first-order chi connectivity index (χ1) is 12.8. The van der Waals surface area contributed by atoms with E-state index in [2.05, 4.69) is 35.1 Å². The van der Waals surface area contributed by atoms with Crippen molar-refractivity contribution in [1.82, 2.24) is 0 Å². The highest BCUT2D eigenvalue weighted by Crippen LogP contribution is 2.55. The summed E-state index contributed by atoms with van der Waals surface area (Å²) >= 11 is 3.42. The highest BCUT2D eigenvalue weighted by molar-refractivity contribution is 9.10. The van der Waals surface area contributed by atoms with E-state index in [1.54, 1.807) is 18.2 Å². The Morgan fingerprint density at radius 2 is 2.11 bits per heavy atom. The number of hydrogen-bond donors (Lipinski definition) is 2. The van der Waals surface area contributed by atoms with Crippen molar-refractivity contribution in [3.8, 4) is 6.07 Å². The summed E-state index contributed by atoms with van der Waals surface area (Å²) in [4.78, 5) is 26.5. The molecule has 3 aliphatic rings. The number of benzene rings is 1. The zero-order valence-corrected chi connectivity index (χ0v) is 16.5. The van der Waals surface area contributed by atoms with Gasteiger partial charge < -0.3 is 15.8 Å². The maximum atomic E-state index is 13.2. The molecule has 0 radical (unpaired) electrons. The summed E-state index contributed by atoms with van der Waals surface area (Å²) in [5.41, 5.74) is 5.85. The van der Waals surface area contributed by atoms with Gasteiger partial charge in [0.25, 0.3) is 0 Å².